The van der Waals surface area contributed by atoms with Crippen LogP contribution < -0.4 is 0 Å². The third-order valence-corrected chi connectivity index (χ3v) is 2.58. The molecule has 0 bridgehead atoms. The lowest BCUT2D eigenvalue weighted by atomic mass is 9.95. The van der Waals surface area contributed by atoms with Crippen LogP contribution in [0.3, 0.4) is 0 Å². The molecule has 0 aromatic heterocycles. The van der Waals surface area contributed by atoms with Crippen LogP contribution >= 0.6 is 0 Å². The number of rotatable bonds is 3. The Hall–Kier alpha value is -1.46. The van der Waals surface area contributed by atoms with Crippen LogP contribution in [0, 0.1) is 0 Å². The Balaban J connectivity index is 3.57. The minimum absolute atomic E-state index is 0.0350. The van der Waals surface area contributed by atoms with Gasteiger partial charge in [-0.1, -0.05) is 6.92 Å². The summed E-state index contributed by atoms with van der Waals surface area (Å²) >= 11 is 0. The summed E-state index contributed by atoms with van der Waals surface area (Å²) in [7, 11) is 0. The van der Waals surface area contributed by atoms with Gasteiger partial charge in [-0.15, -0.1) is 0 Å². The van der Waals surface area contributed by atoms with E-state index in [1.807, 2.05) is 0 Å². The van der Waals surface area contributed by atoms with Gasteiger partial charge in [-0.3, -0.25) is 4.79 Å². The summed E-state index contributed by atoms with van der Waals surface area (Å²) in [6.07, 6.45) is -7.67. The first kappa shape index (κ1) is 14.6. The Kier molecular flexibility index (Phi) is 4.09. The Labute approximate surface area is 101 Å². The minimum atomic E-state index is -4.66. The van der Waals surface area contributed by atoms with Gasteiger partial charge in [0.05, 0.1) is 5.56 Å². The molecule has 0 fully saturated rings. The van der Waals surface area contributed by atoms with Gasteiger partial charge in [0.1, 0.15) is 0 Å². The van der Waals surface area contributed by atoms with Crippen molar-refractivity contribution in [3.63, 3.8) is 0 Å². The standard InChI is InChI=1S/C12H11F5O/c1-3-7-4-9(11(13)14)8(6(2)18)5-10(7)12(15,16)17/h4-5,11H,3H2,1-2H3. The van der Waals surface area contributed by atoms with Crippen LogP contribution in [0.15, 0.2) is 12.1 Å². The van der Waals surface area contributed by atoms with Crippen molar-refractivity contribution < 1.29 is 26.7 Å². The molecule has 0 saturated carbocycles. The van der Waals surface area contributed by atoms with Crippen LogP contribution in [0.5, 0.6) is 0 Å². The highest BCUT2D eigenvalue weighted by Gasteiger charge is 2.35. The first-order valence-corrected chi connectivity index (χ1v) is 5.21. The van der Waals surface area contributed by atoms with E-state index in [1.54, 1.807) is 0 Å². The molecule has 0 spiro atoms. The topological polar surface area (TPSA) is 17.1 Å². The third-order valence-electron chi connectivity index (χ3n) is 2.58. The van der Waals surface area contributed by atoms with E-state index in [0.29, 0.717) is 6.07 Å². The van der Waals surface area contributed by atoms with Crippen molar-refractivity contribution in [1.29, 1.82) is 0 Å². The van der Waals surface area contributed by atoms with Gasteiger partial charge in [0, 0.05) is 11.1 Å². The normalized spacial score (nSPS) is 12.0. The van der Waals surface area contributed by atoms with Gasteiger partial charge in [0.25, 0.3) is 6.43 Å². The molecule has 0 saturated heterocycles. The van der Waals surface area contributed by atoms with E-state index in [4.69, 9.17) is 0 Å². The lowest BCUT2D eigenvalue weighted by Crippen LogP contribution is -2.13. The Morgan fingerprint density at radius 1 is 1.28 bits per heavy atom. The zero-order valence-electron chi connectivity index (χ0n) is 9.74. The van der Waals surface area contributed by atoms with Gasteiger partial charge in [0.2, 0.25) is 0 Å². The van der Waals surface area contributed by atoms with Gasteiger partial charge >= 0.3 is 6.18 Å². The molecule has 18 heavy (non-hydrogen) atoms. The summed E-state index contributed by atoms with van der Waals surface area (Å²) in [6, 6.07) is 1.28. The molecular formula is C12H11F5O. The Morgan fingerprint density at radius 2 is 1.83 bits per heavy atom. The zero-order valence-corrected chi connectivity index (χ0v) is 9.74. The number of hydrogen-bond acceptors (Lipinski definition) is 1. The number of benzene rings is 1. The molecule has 0 atom stereocenters. The van der Waals surface area contributed by atoms with Crippen LogP contribution in [-0.4, -0.2) is 5.78 Å². The average Bonchev–Trinajstić information content (AvgIpc) is 2.25. The predicted molar refractivity (Wildman–Crippen MR) is 55.8 cm³/mol. The monoisotopic (exact) mass is 266 g/mol. The molecule has 6 heteroatoms. The number of halogens is 5. The van der Waals surface area contributed by atoms with Crippen molar-refractivity contribution in [2.24, 2.45) is 0 Å². The second-order valence-corrected chi connectivity index (χ2v) is 3.80. The predicted octanol–water partition coefficient (Wildman–Crippen LogP) is 4.41. The zero-order chi connectivity index (χ0) is 14.1. The molecule has 1 aromatic carbocycles. The Morgan fingerprint density at radius 3 is 2.17 bits per heavy atom. The van der Waals surface area contributed by atoms with Gasteiger partial charge < -0.3 is 0 Å². The van der Waals surface area contributed by atoms with E-state index in [1.165, 1.54) is 6.92 Å². The maximum atomic E-state index is 12.7. The van der Waals surface area contributed by atoms with E-state index < -0.39 is 35.1 Å². The smallest absolute Gasteiger partial charge is 0.294 e. The first-order valence-electron chi connectivity index (χ1n) is 5.21. The molecular weight excluding hydrogens is 255 g/mol. The van der Waals surface area contributed by atoms with Crippen molar-refractivity contribution >= 4 is 5.78 Å². The fraction of sp³-hybridized carbons (Fsp3) is 0.417. The molecule has 0 aliphatic carbocycles. The van der Waals surface area contributed by atoms with Crippen molar-refractivity contribution in [2.75, 3.05) is 0 Å². The number of aryl methyl sites for hydroxylation is 1. The first-order chi connectivity index (χ1) is 8.18. The summed E-state index contributed by atoms with van der Waals surface area (Å²) in [4.78, 5) is 11.1. The lowest BCUT2D eigenvalue weighted by Gasteiger charge is -2.16. The fourth-order valence-electron chi connectivity index (χ4n) is 1.71. The van der Waals surface area contributed by atoms with Crippen molar-refractivity contribution in [1.82, 2.24) is 0 Å². The van der Waals surface area contributed by atoms with Crippen molar-refractivity contribution in [3.05, 3.63) is 34.4 Å². The lowest BCUT2D eigenvalue weighted by molar-refractivity contribution is -0.138. The highest BCUT2D eigenvalue weighted by molar-refractivity contribution is 5.96. The van der Waals surface area contributed by atoms with Crippen molar-refractivity contribution in [3.8, 4) is 0 Å². The van der Waals surface area contributed by atoms with Gasteiger partial charge in [-0.05, 0) is 31.0 Å². The summed E-state index contributed by atoms with van der Waals surface area (Å²) in [6.45, 7) is 2.40. The maximum Gasteiger partial charge on any atom is 0.416 e. The molecule has 0 amide bonds. The highest BCUT2D eigenvalue weighted by Crippen LogP contribution is 2.36. The van der Waals surface area contributed by atoms with E-state index in [9.17, 15) is 26.7 Å². The number of hydrogen-bond donors (Lipinski definition) is 0. The molecule has 100 valence electrons. The molecule has 0 aliphatic heterocycles. The third kappa shape index (κ3) is 2.86. The highest BCUT2D eigenvalue weighted by atomic mass is 19.4. The molecule has 0 N–H and O–H groups in total. The number of alkyl halides is 5. The maximum absolute atomic E-state index is 12.7. The van der Waals surface area contributed by atoms with Crippen LogP contribution in [0.2, 0.25) is 0 Å². The van der Waals surface area contributed by atoms with Crippen molar-refractivity contribution in [2.45, 2.75) is 32.9 Å². The van der Waals surface area contributed by atoms with Gasteiger partial charge in [-0.25, -0.2) is 8.78 Å². The second kappa shape index (κ2) is 5.04. The van der Waals surface area contributed by atoms with E-state index in [2.05, 4.69) is 0 Å². The van der Waals surface area contributed by atoms with Crippen LogP contribution in [0.1, 0.15) is 47.3 Å². The molecule has 1 aromatic rings. The van der Waals surface area contributed by atoms with E-state index in [-0.39, 0.29) is 12.0 Å². The molecule has 0 radical (unpaired) electrons. The number of Topliss-reactive ketones (excluding diaryl/α,β-unsaturated/α-hetero) is 1. The fourth-order valence-corrected chi connectivity index (χ4v) is 1.71. The second-order valence-electron chi connectivity index (χ2n) is 3.80. The SMILES string of the molecule is CCc1cc(C(F)F)c(C(C)=O)cc1C(F)(F)F. The number of carbonyl (C=O) groups is 1. The quantitative estimate of drug-likeness (QED) is 0.585. The average molecular weight is 266 g/mol. The summed E-state index contributed by atoms with van der Waals surface area (Å²) in [5, 5.41) is 0. The largest absolute Gasteiger partial charge is 0.416 e. The van der Waals surface area contributed by atoms with Crippen LogP contribution in [-0.2, 0) is 12.6 Å². The Bertz CT molecular complexity index is 462. The van der Waals surface area contributed by atoms with Gasteiger partial charge in [-0.2, -0.15) is 13.2 Å². The molecule has 1 nitrogen and oxygen atoms in total. The summed E-state index contributed by atoms with van der Waals surface area (Å²) in [5.41, 5.74) is -2.48. The minimum Gasteiger partial charge on any atom is -0.294 e. The molecule has 0 aliphatic rings. The van der Waals surface area contributed by atoms with Crippen LogP contribution in [0.25, 0.3) is 0 Å². The molecule has 1 rings (SSSR count). The molecule has 0 heterocycles. The summed E-state index contributed by atoms with van der Waals surface area (Å²) in [5.74, 6) is -0.807. The van der Waals surface area contributed by atoms with E-state index in [0.717, 1.165) is 13.0 Å². The number of ketones is 1. The number of carbonyl (C=O) groups excluding carboxylic acids is 1. The van der Waals surface area contributed by atoms with E-state index >= 15 is 0 Å². The summed E-state index contributed by atoms with van der Waals surface area (Å²) < 4.78 is 63.5. The molecule has 0 unspecified atom stereocenters. The van der Waals surface area contributed by atoms with Gasteiger partial charge in [0.15, 0.2) is 5.78 Å². The van der Waals surface area contributed by atoms with Crippen LogP contribution in [0.4, 0.5) is 22.0 Å².